The number of benzene rings is 2. The van der Waals surface area contributed by atoms with E-state index in [1.165, 1.54) is 17.3 Å². The minimum absolute atomic E-state index is 0.0145. The summed E-state index contributed by atoms with van der Waals surface area (Å²) in [6.45, 7) is 1.26. The van der Waals surface area contributed by atoms with E-state index in [1.54, 1.807) is 12.5 Å². The van der Waals surface area contributed by atoms with Crippen LogP contribution < -0.4 is 16.2 Å². The Morgan fingerprint density at radius 3 is 2.50 bits per heavy atom. The van der Waals surface area contributed by atoms with Gasteiger partial charge in [-0.2, -0.15) is 0 Å². The lowest BCUT2D eigenvalue weighted by molar-refractivity contribution is 0.102. The van der Waals surface area contributed by atoms with Crippen LogP contribution in [0.15, 0.2) is 89.3 Å². The number of carbonyl (C=O) groups is 1. The molecule has 0 saturated carbocycles. The molecular formula is C25H25N3O3S. The molecular weight excluding hydrogens is 422 g/mol. The standard InChI is InChI=1S/C25H25N3O3S/c29-22(19-8-6-18(7-9-19)17-4-2-1-3-5-17)16-32-25-26-23(20-10-12-30-14-20)24(27-28-25)21-11-13-31-15-21/h1-12,14,23-28H,13,15-16H2. The Balaban J connectivity index is 1.21. The maximum absolute atomic E-state index is 12.8. The van der Waals surface area contributed by atoms with Gasteiger partial charge in [0.25, 0.3) is 0 Å². The molecule has 1 aromatic heterocycles. The van der Waals surface area contributed by atoms with Gasteiger partial charge >= 0.3 is 0 Å². The van der Waals surface area contributed by atoms with E-state index in [-0.39, 0.29) is 23.4 Å². The molecule has 3 unspecified atom stereocenters. The van der Waals surface area contributed by atoms with Crippen LogP contribution in [-0.2, 0) is 4.74 Å². The van der Waals surface area contributed by atoms with E-state index in [0.29, 0.717) is 19.0 Å². The van der Waals surface area contributed by atoms with Crippen molar-refractivity contribution >= 4 is 17.5 Å². The number of Topliss-reactive ketones (excluding diaryl/α,β-unsaturated/α-hetero) is 1. The number of carbonyl (C=O) groups excluding carboxylic acids is 1. The van der Waals surface area contributed by atoms with Crippen LogP contribution in [0.5, 0.6) is 0 Å². The topological polar surface area (TPSA) is 75.5 Å². The number of ether oxygens (including phenoxy) is 1. The van der Waals surface area contributed by atoms with Gasteiger partial charge in [-0.25, -0.2) is 10.9 Å². The van der Waals surface area contributed by atoms with Crippen LogP contribution in [0.25, 0.3) is 11.1 Å². The maximum Gasteiger partial charge on any atom is 0.172 e. The summed E-state index contributed by atoms with van der Waals surface area (Å²) in [5.74, 6) is 0.470. The second kappa shape index (κ2) is 9.85. The monoisotopic (exact) mass is 447 g/mol. The van der Waals surface area contributed by atoms with Crippen molar-refractivity contribution in [1.82, 2.24) is 16.2 Å². The van der Waals surface area contributed by atoms with Gasteiger partial charge in [0, 0.05) is 11.1 Å². The molecule has 3 heterocycles. The fourth-order valence-electron chi connectivity index (χ4n) is 4.03. The summed E-state index contributed by atoms with van der Waals surface area (Å²) in [4.78, 5) is 12.8. The molecule has 0 radical (unpaired) electrons. The van der Waals surface area contributed by atoms with Gasteiger partial charge in [-0.15, -0.1) is 11.8 Å². The molecule has 32 heavy (non-hydrogen) atoms. The van der Waals surface area contributed by atoms with E-state index in [0.717, 1.165) is 22.3 Å². The Morgan fingerprint density at radius 2 is 1.78 bits per heavy atom. The van der Waals surface area contributed by atoms with Crippen molar-refractivity contribution in [2.45, 2.75) is 17.6 Å². The predicted molar refractivity (Wildman–Crippen MR) is 126 cm³/mol. The molecule has 0 amide bonds. The minimum atomic E-state index is -0.124. The third-order valence-electron chi connectivity index (χ3n) is 5.76. The van der Waals surface area contributed by atoms with Crippen molar-refractivity contribution in [2.24, 2.45) is 0 Å². The summed E-state index contributed by atoms with van der Waals surface area (Å²) in [5, 5.41) is 3.60. The first kappa shape index (κ1) is 21.2. The van der Waals surface area contributed by atoms with Gasteiger partial charge < -0.3 is 9.15 Å². The molecule has 2 aliphatic heterocycles. The zero-order valence-electron chi connectivity index (χ0n) is 17.5. The molecule has 7 heteroatoms. The molecule has 6 nitrogen and oxygen atoms in total. The lowest BCUT2D eigenvalue weighted by atomic mass is 9.95. The number of hydrogen-bond acceptors (Lipinski definition) is 7. The molecule has 0 bridgehead atoms. The molecule has 164 valence electrons. The third-order valence-corrected chi connectivity index (χ3v) is 6.78. The zero-order chi connectivity index (χ0) is 21.8. The van der Waals surface area contributed by atoms with Crippen molar-refractivity contribution in [2.75, 3.05) is 19.0 Å². The Bertz CT molecular complexity index is 1070. The molecule has 3 N–H and O–H groups in total. The van der Waals surface area contributed by atoms with Crippen LogP contribution in [0.3, 0.4) is 0 Å². The summed E-state index contributed by atoms with van der Waals surface area (Å²) < 4.78 is 10.8. The van der Waals surface area contributed by atoms with E-state index >= 15 is 0 Å². The van der Waals surface area contributed by atoms with Crippen LogP contribution in [0.2, 0.25) is 0 Å². The summed E-state index contributed by atoms with van der Waals surface area (Å²) in [7, 11) is 0. The SMILES string of the molecule is O=C(CSC1NNC(C2=CCOC2)C(c2ccoc2)N1)c1ccc(-c2ccccc2)cc1. The Hall–Kier alpha value is -2.68. The molecule has 0 spiro atoms. The molecule has 3 aromatic rings. The Kier molecular flexibility index (Phi) is 6.52. The summed E-state index contributed by atoms with van der Waals surface area (Å²) in [5.41, 5.74) is 11.8. The Morgan fingerprint density at radius 1 is 0.969 bits per heavy atom. The molecule has 3 atom stereocenters. The summed E-state index contributed by atoms with van der Waals surface area (Å²) >= 11 is 1.53. The van der Waals surface area contributed by atoms with Crippen LogP contribution in [0.1, 0.15) is 22.0 Å². The van der Waals surface area contributed by atoms with Crippen molar-refractivity contribution in [3.63, 3.8) is 0 Å². The van der Waals surface area contributed by atoms with Gasteiger partial charge in [-0.1, -0.05) is 60.7 Å². The average molecular weight is 448 g/mol. The molecule has 1 fully saturated rings. The van der Waals surface area contributed by atoms with Crippen LogP contribution in [-0.4, -0.2) is 36.3 Å². The van der Waals surface area contributed by atoms with Crippen molar-refractivity contribution in [1.29, 1.82) is 0 Å². The number of nitrogens with one attached hydrogen (secondary N) is 3. The van der Waals surface area contributed by atoms with Crippen molar-refractivity contribution < 1.29 is 13.9 Å². The fourth-order valence-corrected chi connectivity index (χ4v) is 4.91. The van der Waals surface area contributed by atoms with E-state index in [2.05, 4.69) is 34.4 Å². The van der Waals surface area contributed by atoms with Crippen LogP contribution in [0.4, 0.5) is 0 Å². The van der Waals surface area contributed by atoms with Gasteiger partial charge in [0.1, 0.15) is 5.50 Å². The molecule has 0 aliphatic carbocycles. The maximum atomic E-state index is 12.8. The van der Waals surface area contributed by atoms with Gasteiger partial charge in [0.2, 0.25) is 0 Å². The van der Waals surface area contributed by atoms with E-state index in [4.69, 9.17) is 9.15 Å². The molecule has 2 aliphatic rings. The molecule has 2 aromatic carbocycles. The second-order valence-electron chi connectivity index (χ2n) is 7.82. The zero-order valence-corrected chi connectivity index (χ0v) is 18.3. The summed E-state index contributed by atoms with van der Waals surface area (Å²) in [6.07, 6.45) is 5.56. The van der Waals surface area contributed by atoms with E-state index < -0.39 is 0 Å². The number of rotatable bonds is 7. The number of furan rings is 1. The highest BCUT2D eigenvalue weighted by Crippen LogP contribution is 2.28. The average Bonchev–Trinajstić information content (AvgIpc) is 3.58. The third kappa shape index (κ3) is 4.72. The lowest BCUT2D eigenvalue weighted by Crippen LogP contribution is -2.63. The smallest absolute Gasteiger partial charge is 0.172 e. The van der Waals surface area contributed by atoms with Gasteiger partial charge in [-0.3, -0.25) is 10.1 Å². The van der Waals surface area contributed by atoms with E-state index in [9.17, 15) is 4.79 Å². The highest BCUT2D eigenvalue weighted by molar-refractivity contribution is 8.00. The number of hydrogen-bond donors (Lipinski definition) is 3. The fraction of sp³-hybridized carbons (Fsp3) is 0.240. The van der Waals surface area contributed by atoms with Gasteiger partial charge in [0.05, 0.1) is 43.6 Å². The normalized spacial score (nSPS) is 23.1. The molecule has 1 saturated heterocycles. The first-order valence-electron chi connectivity index (χ1n) is 10.6. The second-order valence-corrected chi connectivity index (χ2v) is 8.91. The van der Waals surface area contributed by atoms with Crippen molar-refractivity contribution in [3.05, 3.63) is 96.0 Å². The van der Waals surface area contributed by atoms with Crippen LogP contribution >= 0.6 is 11.8 Å². The largest absolute Gasteiger partial charge is 0.472 e. The number of thioether (sulfide) groups is 1. The first-order valence-corrected chi connectivity index (χ1v) is 11.7. The summed E-state index contributed by atoms with van der Waals surface area (Å²) in [6, 6.07) is 20.0. The van der Waals surface area contributed by atoms with Gasteiger partial charge in [0.15, 0.2) is 5.78 Å². The highest BCUT2D eigenvalue weighted by atomic mass is 32.2. The minimum Gasteiger partial charge on any atom is -0.472 e. The van der Waals surface area contributed by atoms with Crippen LogP contribution in [0, 0.1) is 0 Å². The molecule has 5 rings (SSSR count). The number of ketones is 1. The predicted octanol–water partition coefficient (Wildman–Crippen LogP) is 3.91. The number of hydrazine groups is 1. The van der Waals surface area contributed by atoms with Crippen molar-refractivity contribution in [3.8, 4) is 11.1 Å². The van der Waals surface area contributed by atoms with E-state index in [1.807, 2.05) is 48.5 Å². The first-order chi connectivity index (χ1) is 15.8. The highest BCUT2D eigenvalue weighted by Gasteiger charge is 2.34. The van der Waals surface area contributed by atoms with Gasteiger partial charge in [-0.05, 0) is 22.8 Å². The quantitative estimate of drug-likeness (QED) is 0.375. The Labute approximate surface area is 191 Å². The lowest BCUT2D eigenvalue weighted by Gasteiger charge is -2.39.